The molecule has 0 radical (unpaired) electrons. The summed E-state index contributed by atoms with van der Waals surface area (Å²) >= 11 is 0. The lowest BCUT2D eigenvalue weighted by atomic mass is 10.3. The Morgan fingerprint density at radius 3 is 2.63 bits per heavy atom. The number of nitrogens with zero attached hydrogens (tertiary/aromatic N) is 3. The summed E-state index contributed by atoms with van der Waals surface area (Å²) in [5.74, 6) is 0. The van der Waals surface area contributed by atoms with Gasteiger partial charge in [0.05, 0.1) is 17.6 Å². The van der Waals surface area contributed by atoms with Crippen LogP contribution in [0.3, 0.4) is 0 Å². The topological polar surface area (TPSA) is 61.2 Å². The number of ether oxygens (including phenoxy) is 2. The molecule has 6 heteroatoms. The first kappa shape index (κ1) is 13.7. The third-order valence-electron chi connectivity index (χ3n) is 2.67. The standard InChI is InChI=1S/C13H18N4O2/c1-18-13(19-2)10-14-8-11-9-15-17(16-11)12-6-4-3-5-7-12/h3-7,9,13-14H,8,10H2,1-2H3. The summed E-state index contributed by atoms with van der Waals surface area (Å²) < 4.78 is 10.2. The molecule has 0 amide bonds. The van der Waals surface area contributed by atoms with Gasteiger partial charge in [0.1, 0.15) is 0 Å². The largest absolute Gasteiger partial charge is 0.355 e. The number of methoxy groups -OCH3 is 2. The van der Waals surface area contributed by atoms with Gasteiger partial charge in [0.25, 0.3) is 0 Å². The first-order chi connectivity index (χ1) is 9.33. The maximum atomic E-state index is 5.09. The van der Waals surface area contributed by atoms with Crippen molar-refractivity contribution in [3.05, 3.63) is 42.2 Å². The molecule has 0 atom stereocenters. The lowest BCUT2D eigenvalue weighted by Crippen LogP contribution is -2.29. The van der Waals surface area contributed by atoms with Crippen LogP contribution in [0.2, 0.25) is 0 Å². The molecule has 102 valence electrons. The molecule has 1 N–H and O–H groups in total. The third-order valence-corrected chi connectivity index (χ3v) is 2.67. The van der Waals surface area contributed by atoms with Crippen LogP contribution in [0.1, 0.15) is 5.69 Å². The molecule has 0 aliphatic heterocycles. The second-order valence-electron chi connectivity index (χ2n) is 3.99. The van der Waals surface area contributed by atoms with Crippen LogP contribution in [-0.4, -0.2) is 42.0 Å². The molecule has 0 fully saturated rings. The maximum Gasteiger partial charge on any atom is 0.169 e. The van der Waals surface area contributed by atoms with E-state index in [9.17, 15) is 0 Å². The van der Waals surface area contributed by atoms with Crippen molar-refractivity contribution in [2.24, 2.45) is 0 Å². The molecule has 0 aliphatic carbocycles. The minimum atomic E-state index is -0.246. The fourth-order valence-electron chi connectivity index (χ4n) is 1.64. The average Bonchev–Trinajstić information content (AvgIpc) is 2.93. The van der Waals surface area contributed by atoms with E-state index >= 15 is 0 Å². The highest BCUT2D eigenvalue weighted by Crippen LogP contribution is 2.04. The number of rotatable bonds is 7. The Morgan fingerprint density at radius 2 is 1.95 bits per heavy atom. The highest BCUT2D eigenvalue weighted by Gasteiger charge is 2.06. The van der Waals surface area contributed by atoms with Crippen molar-refractivity contribution in [1.29, 1.82) is 0 Å². The molecule has 1 aromatic heterocycles. The van der Waals surface area contributed by atoms with Gasteiger partial charge in [-0.25, -0.2) is 0 Å². The van der Waals surface area contributed by atoms with E-state index in [0.29, 0.717) is 13.1 Å². The summed E-state index contributed by atoms with van der Waals surface area (Å²) in [7, 11) is 3.23. The van der Waals surface area contributed by atoms with Gasteiger partial charge in [-0.15, -0.1) is 0 Å². The summed E-state index contributed by atoms with van der Waals surface area (Å²) in [6.45, 7) is 1.22. The first-order valence-corrected chi connectivity index (χ1v) is 6.06. The van der Waals surface area contributed by atoms with Crippen LogP contribution in [0, 0.1) is 0 Å². The zero-order valence-corrected chi connectivity index (χ0v) is 11.1. The molecule has 0 aliphatic rings. The van der Waals surface area contributed by atoms with Gasteiger partial charge >= 0.3 is 0 Å². The molecule has 0 spiro atoms. The van der Waals surface area contributed by atoms with E-state index in [4.69, 9.17) is 9.47 Å². The summed E-state index contributed by atoms with van der Waals surface area (Å²) in [5.41, 5.74) is 1.82. The van der Waals surface area contributed by atoms with Gasteiger partial charge in [0.2, 0.25) is 0 Å². The summed E-state index contributed by atoms with van der Waals surface area (Å²) in [6, 6.07) is 9.80. The van der Waals surface area contributed by atoms with Crippen molar-refractivity contribution in [2.45, 2.75) is 12.8 Å². The molecule has 2 aromatic rings. The first-order valence-electron chi connectivity index (χ1n) is 6.06. The molecule has 1 aromatic carbocycles. The number of benzene rings is 1. The smallest absolute Gasteiger partial charge is 0.169 e. The van der Waals surface area contributed by atoms with Gasteiger partial charge in [-0.05, 0) is 12.1 Å². The quantitative estimate of drug-likeness (QED) is 0.754. The fourth-order valence-corrected chi connectivity index (χ4v) is 1.64. The highest BCUT2D eigenvalue weighted by molar-refractivity contribution is 5.28. The monoisotopic (exact) mass is 262 g/mol. The van der Waals surface area contributed by atoms with Gasteiger partial charge in [-0.1, -0.05) is 18.2 Å². The minimum absolute atomic E-state index is 0.246. The Hall–Kier alpha value is -1.76. The Balaban J connectivity index is 1.88. The SMILES string of the molecule is COC(CNCc1cnn(-c2ccccc2)n1)OC. The average molecular weight is 262 g/mol. The van der Waals surface area contributed by atoms with Crippen LogP contribution >= 0.6 is 0 Å². The van der Waals surface area contributed by atoms with Crippen LogP contribution < -0.4 is 5.32 Å². The van der Waals surface area contributed by atoms with Crippen molar-refractivity contribution in [3.8, 4) is 5.69 Å². The normalized spacial score (nSPS) is 11.1. The van der Waals surface area contributed by atoms with Gasteiger partial charge in [-0.2, -0.15) is 15.0 Å². The van der Waals surface area contributed by atoms with Crippen LogP contribution in [0.15, 0.2) is 36.5 Å². The molecule has 0 saturated carbocycles. The second kappa shape index (κ2) is 6.98. The summed E-state index contributed by atoms with van der Waals surface area (Å²) in [6.07, 6.45) is 1.50. The molecular weight excluding hydrogens is 244 g/mol. The fraction of sp³-hybridized carbons (Fsp3) is 0.385. The van der Waals surface area contributed by atoms with Gasteiger partial charge < -0.3 is 14.8 Å². The van der Waals surface area contributed by atoms with E-state index in [1.54, 1.807) is 25.2 Å². The van der Waals surface area contributed by atoms with E-state index < -0.39 is 0 Å². The number of nitrogens with one attached hydrogen (secondary N) is 1. The van der Waals surface area contributed by atoms with Crippen LogP contribution in [-0.2, 0) is 16.0 Å². The Kier molecular flexibility index (Phi) is 5.02. The van der Waals surface area contributed by atoms with E-state index in [1.165, 1.54) is 0 Å². The van der Waals surface area contributed by atoms with Crippen molar-refractivity contribution in [3.63, 3.8) is 0 Å². The van der Waals surface area contributed by atoms with E-state index in [1.807, 2.05) is 30.3 Å². The second-order valence-corrected chi connectivity index (χ2v) is 3.99. The summed E-state index contributed by atoms with van der Waals surface area (Å²) in [4.78, 5) is 1.61. The molecule has 0 unspecified atom stereocenters. The Bertz CT molecular complexity index is 482. The third kappa shape index (κ3) is 3.85. The van der Waals surface area contributed by atoms with Gasteiger partial charge in [0.15, 0.2) is 6.29 Å². The zero-order valence-electron chi connectivity index (χ0n) is 11.1. The van der Waals surface area contributed by atoms with Gasteiger partial charge in [-0.3, -0.25) is 0 Å². The van der Waals surface area contributed by atoms with Crippen LogP contribution in [0.5, 0.6) is 0 Å². The molecule has 6 nitrogen and oxygen atoms in total. The predicted octanol–water partition coefficient (Wildman–Crippen LogP) is 0.976. The number of aromatic nitrogens is 3. The van der Waals surface area contributed by atoms with E-state index in [2.05, 4.69) is 15.5 Å². The van der Waals surface area contributed by atoms with Crippen LogP contribution in [0.25, 0.3) is 5.69 Å². The molecule has 2 rings (SSSR count). The lowest BCUT2D eigenvalue weighted by molar-refractivity contribution is -0.0989. The van der Waals surface area contributed by atoms with Crippen molar-refractivity contribution < 1.29 is 9.47 Å². The maximum absolute atomic E-state index is 5.09. The number of hydrogen-bond acceptors (Lipinski definition) is 5. The molecule has 0 bridgehead atoms. The van der Waals surface area contributed by atoms with Crippen molar-refractivity contribution in [1.82, 2.24) is 20.3 Å². The van der Waals surface area contributed by atoms with E-state index in [-0.39, 0.29) is 6.29 Å². The highest BCUT2D eigenvalue weighted by atomic mass is 16.7. The van der Waals surface area contributed by atoms with Crippen molar-refractivity contribution >= 4 is 0 Å². The molecule has 1 heterocycles. The minimum Gasteiger partial charge on any atom is -0.355 e. The molecule has 0 saturated heterocycles. The molecular formula is C13H18N4O2. The Labute approximate surface area is 112 Å². The number of hydrogen-bond donors (Lipinski definition) is 1. The van der Waals surface area contributed by atoms with Crippen LogP contribution in [0.4, 0.5) is 0 Å². The number of para-hydroxylation sites is 1. The zero-order chi connectivity index (χ0) is 13.5. The molecule has 19 heavy (non-hydrogen) atoms. The lowest BCUT2D eigenvalue weighted by Gasteiger charge is -2.13. The van der Waals surface area contributed by atoms with Crippen molar-refractivity contribution in [2.75, 3.05) is 20.8 Å². The summed E-state index contributed by atoms with van der Waals surface area (Å²) in [5, 5.41) is 11.8. The van der Waals surface area contributed by atoms with Gasteiger partial charge in [0, 0.05) is 27.3 Å². The predicted molar refractivity (Wildman–Crippen MR) is 70.9 cm³/mol. The van der Waals surface area contributed by atoms with E-state index in [0.717, 1.165) is 11.4 Å². The Morgan fingerprint density at radius 1 is 1.21 bits per heavy atom.